The van der Waals surface area contributed by atoms with Crippen LogP contribution in [-0.2, 0) is 0 Å². The van der Waals surface area contributed by atoms with E-state index in [1.165, 1.54) is 82.3 Å². The first-order valence-corrected chi connectivity index (χ1v) is 22.0. The number of nitrogens with zero attached hydrogens (tertiary/aromatic N) is 2. The fourth-order valence-corrected chi connectivity index (χ4v) is 9.83. The van der Waals surface area contributed by atoms with Gasteiger partial charge in [0.05, 0.1) is 16.7 Å². The van der Waals surface area contributed by atoms with Crippen LogP contribution < -0.4 is 4.90 Å². The smallest absolute Gasteiger partial charge is 0.0541 e. The fraction of sp³-hybridized carbons (Fsp3) is 0. The third-order valence-electron chi connectivity index (χ3n) is 12.8. The van der Waals surface area contributed by atoms with Gasteiger partial charge in [-0.25, -0.2) is 0 Å². The minimum absolute atomic E-state index is 1.08. The highest BCUT2D eigenvalue weighted by atomic mass is 15.1. The summed E-state index contributed by atoms with van der Waals surface area (Å²) in [6, 6.07) is 92.6. The van der Waals surface area contributed by atoms with Crippen molar-refractivity contribution in [3.63, 3.8) is 0 Å². The Morgan fingerprint density at radius 1 is 0.250 bits per heavy atom. The molecule has 1 aromatic heterocycles. The summed E-state index contributed by atoms with van der Waals surface area (Å²) in [6.07, 6.45) is 0. The van der Waals surface area contributed by atoms with E-state index in [0.29, 0.717) is 0 Å². The lowest BCUT2D eigenvalue weighted by atomic mass is 9.92. The molecule has 0 atom stereocenters. The van der Waals surface area contributed by atoms with Crippen LogP contribution in [0, 0.1) is 0 Å². The Bertz CT molecular complexity index is 3600. The van der Waals surface area contributed by atoms with Crippen molar-refractivity contribution in [3.8, 4) is 50.2 Å². The summed E-state index contributed by atoms with van der Waals surface area (Å²) >= 11 is 0. The van der Waals surface area contributed by atoms with E-state index in [4.69, 9.17) is 0 Å². The Morgan fingerprint density at radius 2 is 0.688 bits per heavy atom. The van der Waals surface area contributed by atoms with E-state index in [0.717, 1.165) is 28.3 Å². The SMILES string of the molecule is c1ccc(-c2ccc(-c3cccc(N(c4ccc(-c5ccccc5-n5c6ccccc6c6ccccc65)cc4)c4ccc(-c5cccc6ccccc56)cc4)c3)c3ccccc23)cc1. The number of benzene rings is 11. The van der Waals surface area contributed by atoms with Crippen LogP contribution in [-0.4, -0.2) is 4.57 Å². The third kappa shape index (κ3) is 6.44. The van der Waals surface area contributed by atoms with Gasteiger partial charge >= 0.3 is 0 Å². The number of para-hydroxylation sites is 3. The van der Waals surface area contributed by atoms with Gasteiger partial charge in [0.15, 0.2) is 0 Å². The molecule has 12 aromatic rings. The van der Waals surface area contributed by atoms with Crippen molar-refractivity contribution in [1.29, 1.82) is 0 Å². The van der Waals surface area contributed by atoms with Crippen molar-refractivity contribution >= 4 is 60.4 Å². The van der Waals surface area contributed by atoms with E-state index in [1.807, 2.05) is 0 Å². The van der Waals surface area contributed by atoms with Gasteiger partial charge in [-0.15, -0.1) is 0 Å². The second-order valence-corrected chi connectivity index (χ2v) is 16.5. The number of hydrogen-bond acceptors (Lipinski definition) is 1. The molecule has 2 nitrogen and oxygen atoms in total. The van der Waals surface area contributed by atoms with Crippen LogP contribution in [0.5, 0.6) is 0 Å². The second kappa shape index (κ2) is 15.8. The molecule has 64 heavy (non-hydrogen) atoms. The highest BCUT2D eigenvalue weighted by Crippen LogP contribution is 2.42. The molecule has 0 fully saturated rings. The number of anilines is 3. The maximum absolute atomic E-state index is 2.42. The van der Waals surface area contributed by atoms with Crippen molar-refractivity contribution in [2.75, 3.05) is 4.90 Å². The predicted octanol–water partition coefficient (Wildman–Crippen LogP) is 17.2. The van der Waals surface area contributed by atoms with Gasteiger partial charge in [-0.05, 0) is 115 Å². The molecule has 11 aromatic carbocycles. The Hall–Kier alpha value is -8.46. The standard InChI is InChI=1S/C62H42N2/c1-2-16-43(17-3-1)53-40-41-54(57-25-7-6-24-56(53)57)47-20-14-21-50(42-47)63(48-36-32-45(33-37-48)52-28-15-19-44-18-4-5-22-51(44)52)49-38-34-46(35-39-49)55-23-8-11-29-60(55)64-61-30-12-9-26-58(61)59-27-10-13-31-62(59)64/h1-42H. The highest BCUT2D eigenvalue weighted by Gasteiger charge is 2.19. The van der Waals surface area contributed by atoms with Crippen molar-refractivity contribution in [2.24, 2.45) is 0 Å². The first-order chi connectivity index (χ1) is 31.8. The van der Waals surface area contributed by atoms with Gasteiger partial charge in [0, 0.05) is 33.4 Å². The summed E-state index contributed by atoms with van der Waals surface area (Å²) in [4.78, 5) is 2.39. The summed E-state index contributed by atoms with van der Waals surface area (Å²) < 4.78 is 2.42. The molecular formula is C62H42N2. The zero-order valence-corrected chi connectivity index (χ0v) is 35.1. The van der Waals surface area contributed by atoms with Gasteiger partial charge in [-0.1, -0.05) is 200 Å². The van der Waals surface area contributed by atoms with E-state index in [1.54, 1.807) is 0 Å². The molecule has 2 heteroatoms. The van der Waals surface area contributed by atoms with Crippen molar-refractivity contribution in [2.45, 2.75) is 0 Å². The maximum atomic E-state index is 2.42. The summed E-state index contributed by atoms with van der Waals surface area (Å²) in [5.41, 5.74) is 16.4. The summed E-state index contributed by atoms with van der Waals surface area (Å²) in [6.45, 7) is 0. The van der Waals surface area contributed by atoms with Gasteiger partial charge in [-0.2, -0.15) is 0 Å². The predicted molar refractivity (Wildman–Crippen MR) is 272 cm³/mol. The fourth-order valence-electron chi connectivity index (χ4n) is 9.83. The van der Waals surface area contributed by atoms with Gasteiger partial charge in [0.25, 0.3) is 0 Å². The van der Waals surface area contributed by atoms with E-state index in [9.17, 15) is 0 Å². The van der Waals surface area contributed by atoms with Crippen molar-refractivity contribution in [3.05, 3.63) is 255 Å². The normalized spacial score (nSPS) is 11.4. The second-order valence-electron chi connectivity index (χ2n) is 16.5. The Morgan fingerprint density at radius 3 is 1.36 bits per heavy atom. The average Bonchev–Trinajstić information content (AvgIpc) is 3.71. The lowest BCUT2D eigenvalue weighted by molar-refractivity contribution is 1.18. The van der Waals surface area contributed by atoms with Crippen molar-refractivity contribution in [1.82, 2.24) is 4.57 Å². The molecule has 0 saturated heterocycles. The van der Waals surface area contributed by atoms with E-state index in [-0.39, 0.29) is 0 Å². The van der Waals surface area contributed by atoms with Crippen LogP contribution in [0.1, 0.15) is 0 Å². The molecule has 1 heterocycles. The monoisotopic (exact) mass is 814 g/mol. The zero-order valence-electron chi connectivity index (χ0n) is 35.1. The summed E-state index contributed by atoms with van der Waals surface area (Å²) in [7, 11) is 0. The van der Waals surface area contributed by atoms with E-state index >= 15 is 0 Å². The highest BCUT2D eigenvalue weighted by molar-refractivity contribution is 6.10. The molecule has 0 amide bonds. The zero-order chi connectivity index (χ0) is 42.4. The Kier molecular flexibility index (Phi) is 9.20. The quantitative estimate of drug-likeness (QED) is 0.148. The molecule has 0 aliphatic carbocycles. The topological polar surface area (TPSA) is 8.17 Å². The largest absolute Gasteiger partial charge is 0.310 e. The molecule has 0 aliphatic rings. The van der Waals surface area contributed by atoms with Crippen LogP contribution in [0.3, 0.4) is 0 Å². The van der Waals surface area contributed by atoms with E-state index < -0.39 is 0 Å². The van der Waals surface area contributed by atoms with Crippen LogP contribution in [0.15, 0.2) is 255 Å². The number of rotatable bonds is 8. The van der Waals surface area contributed by atoms with Crippen LogP contribution in [0.4, 0.5) is 17.1 Å². The summed E-state index contributed by atoms with van der Waals surface area (Å²) in [5.74, 6) is 0. The molecular weight excluding hydrogens is 773 g/mol. The Balaban J connectivity index is 0.982. The molecule has 0 aliphatic heterocycles. The van der Waals surface area contributed by atoms with Gasteiger partial charge in [0.1, 0.15) is 0 Å². The number of hydrogen-bond donors (Lipinski definition) is 0. The molecule has 0 radical (unpaired) electrons. The third-order valence-corrected chi connectivity index (χ3v) is 12.8. The van der Waals surface area contributed by atoms with Crippen LogP contribution in [0.25, 0.3) is 93.5 Å². The summed E-state index contributed by atoms with van der Waals surface area (Å²) in [5, 5.41) is 7.49. The minimum atomic E-state index is 1.08. The number of aromatic nitrogens is 1. The maximum Gasteiger partial charge on any atom is 0.0541 e. The van der Waals surface area contributed by atoms with Crippen molar-refractivity contribution < 1.29 is 0 Å². The van der Waals surface area contributed by atoms with Gasteiger partial charge < -0.3 is 9.47 Å². The molecule has 0 bridgehead atoms. The molecule has 0 unspecified atom stereocenters. The molecule has 0 saturated carbocycles. The first kappa shape index (κ1) is 37.3. The van der Waals surface area contributed by atoms with Gasteiger partial charge in [-0.3, -0.25) is 0 Å². The first-order valence-electron chi connectivity index (χ1n) is 22.0. The average molecular weight is 815 g/mol. The van der Waals surface area contributed by atoms with Gasteiger partial charge in [0.2, 0.25) is 0 Å². The Labute approximate surface area is 373 Å². The lowest BCUT2D eigenvalue weighted by Crippen LogP contribution is -2.10. The van der Waals surface area contributed by atoms with Crippen LogP contribution >= 0.6 is 0 Å². The molecule has 0 N–H and O–H groups in total. The lowest BCUT2D eigenvalue weighted by Gasteiger charge is -2.27. The molecule has 0 spiro atoms. The van der Waals surface area contributed by atoms with Crippen LogP contribution in [0.2, 0.25) is 0 Å². The molecule has 12 rings (SSSR count). The minimum Gasteiger partial charge on any atom is -0.310 e. The van der Waals surface area contributed by atoms with E-state index in [2.05, 4.69) is 264 Å². The molecule has 300 valence electrons. The number of fused-ring (bicyclic) bond motifs is 5.